The van der Waals surface area contributed by atoms with E-state index in [0.29, 0.717) is 0 Å². The molecule has 0 spiro atoms. The number of rotatable bonds is 3. The van der Waals surface area contributed by atoms with Crippen LogP contribution < -0.4 is 4.74 Å². The van der Waals surface area contributed by atoms with Gasteiger partial charge in [0.1, 0.15) is 11.7 Å². The molecule has 0 saturated heterocycles. The second-order valence-corrected chi connectivity index (χ2v) is 4.52. The number of ether oxygens (including phenoxy) is 1. The van der Waals surface area contributed by atoms with Gasteiger partial charge in [0.25, 0.3) is 0 Å². The Labute approximate surface area is 91.0 Å². The minimum Gasteiger partial charge on any atom is -0.483 e. The van der Waals surface area contributed by atoms with Crippen molar-refractivity contribution in [3.05, 3.63) is 27.3 Å². The van der Waals surface area contributed by atoms with Crippen molar-refractivity contribution in [1.29, 1.82) is 0 Å². The van der Waals surface area contributed by atoms with Gasteiger partial charge in [0, 0.05) is 3.57 Å². The number of hydrogen-bond donors (Lipinski definition) is 0. The van der Waals surface area contributed by atoms with E-state index in [-0.39, 0.29) is 0 Å². The molecule has 0 unspecified atom stereocenters. The lowest BCUT2D eigenvalue weighted by Crippen LogP contribution is -1.94. The SMILES string of the molecule is CSCOc1cc(I)ccc1C. The third-order valence-electron chi connectivity index (χ3n) is 1.48. The maximum Gasteiger partial charge on any atom is 0.133 e. The van der Waals surface area contributed by atoms with Crippen LogP contribution in [0.2, 0.25) is 0 Å². The Kier molecular flexibility index (Phi) is 4.21. The summed E-state index contributed by atoms with van der Waals surface area (Å²) in [7, 11) is 0. The average Bonchev–Trinajstić information content (AvgIpc) is 2.07. The second kappa shape index (κ2) is 4.97. The summed E-state index contributed by atoms with van der Waals surface area (Å²) in [4.78, 5) is 0. The van der Waals surface area contributed by atoms with Gasteiger partial charge in [0.05, 0.1) is 0 Å². The fourth-order valence-corrected chi connectivity index (χ4v) is 1.56. The fourth-order valence-electron chi connectivity index (χ4n) is 0.852. The topological polar surface area (TPSA) is 9.23 Å². The van der Waals surface area contributed by atoms with Gasteiger partial charge >= 0.3 is 0 Å². The van der Waals surface area contributed by atoms with Gasteiger partial charge in [-0.3, -0.25) is 0 Å². The van der Waals surface area contributed by atoms with Crippen LogP contribution in [0.1, 0.15) is 5.56 Å². The van der Waals surface area contributed by atoms with E-state index in [1.54, 1.807) is 11.8 Å². The maximum atomic E-state index is 5.52. The third-order valence-corrected chi connectivity index (χ3v) is 2.51. The first-order valence-electron chi connectivity index (χ1n) is 3.62. The first-order valence-corrected chi connectivity index (χ1v) is 6.09. The highest BCUT2D eigenvalue weighted by Crippen LogP contribution is 2.21. The first kappa shape index (κ1) is 10.2. The predicted molar refractivity (Wildman–Crippen MR) is 62.9 cm³/mol. The average molecular weight is 294 g/mol. The van der Waals surface area contributed by atoms with Crippen LogP contribution in [-0.4, -0.2) is 12.2 Å². The van der Waals surface area contributed by atoms with Crippen LogP contribution in [0.25, 0.3) is 0 Å². The van der Waals surface area contributed by atoms with Crippen molar-refractivity contribution in [1.82, 2.24) is 0 Å². The van der Waals surface area contributed by atoms with Crippen molar-refractivity contribution in [2.24, 2.45) is 0 Å². The lowest BCUT2D eigenvalue weighted by molar-refractivity contribution is 0.390. The van der Waals surface area contributed by atoms with E-state index in [9.17, 15) is 0 Å². The van der Waals surface area contributed by atoms with E-state index in [1.165, 1.54) is 9.13 Å². The molecule has 0 saturated carbocycles. The molecule has 3 heteroatoms. The highest BCUT2D eigenvalue weighted by molar-refractivity contribution is 14.1. The van der Waals surface area contributed by atoms with E-state index in [2.05, 4.69) is 47.7 Å². The van der Waals surface area contributed by atoms with Gasteiger partial charge < -0.3 is 4.74 Å². The molecule has 66 valence electrons. The van der Waals surface area contributed by atoms with Gasteiger partial charge in [-0.05, 0) is 53.5 Å². The Morgan fingerprint density at radius 1 is 1.50 bits per heavy atom. The van der Waals surface area contributed by atoms with Crippen molar-refractivity contribution in [3.63, 3.8) is 0 Å². The van der Waals surface area contributed by atoms with Crippen LogP contribution in [-0.2, 0) is 0 Å². The smallest absolute Gasteiger partial charge is 0.133 e. The van der Waals surface area contributed by atoms with Gasteiger partial charge in [-0.25, -0.2) is 0 Å². The minimum atomic E-state index is 0.723. The Balaban J connectivity index is 2.75. The van der Waals surface area contributed by atoms with Crippen molar-refractivity contribution in [2.45, 2.75) is 6.92 Å². The van der Waals surface area contributed by atoms with Crippen molar-refractivity contribution in [2.75, 3.05) is 12.2 Å². The Hall–Kier alpha value is 0.1000. The zero-order valence-corrected chi connectivity index (χ0v) is 10.1. The van der Waals surface area contributed by atoms with E-state index in [4.69, 9.17) is 4.74 Å². The summed E-state index contributed by atoms with van der Waals surface area (Å²) in [5, 5.41) is 0. The van der Waals surface area contributed by atoms with Crippen LogP contribution in [0.5, 0.6) is 5.75 Å². The van der Waals surface area contributed by atoms with Crippen molar-refractivity contribution >= 4 is 34.4 Å². The molecule has 0 aliphatic heterocycles. The zero-order chi connectivity index (χ0) is 8.97. The summed E-state index contributed by atoms with van der Waals surface area (Å²) in [6.45, 7) is 2.06. The van der Waals surface area contributed by atoms with Crippen molar-refractivity contribution in [3.8, 4) is 5.75 Å². The Morgan fingerprint density at radius 2 is 2.25 bits per heavy atom. The molecule has 0 radical (unpaired) electrons. The van der Waals surface area contributed by atoms with Crippen LogP contribution in [0.4, 0.5) is 0 Å². The first-order chi connectivity index (χ1) is 5.74. The molecule has 0 fully saturated rings. The summed E-state index contributed by atoms with van der Waals surface area (Å²) >= 11 is 3.97. The highest BCUT2D eigenvalue weighted by atomic mass is 127. The summed E-state index contributed by atoms with van der Waals surface area (Å²) in [6.07, 6.45) is 2.03. The number of hydrogen-bond acceptors (Lipinski definition) is 2. The van der Waals surface area contributed by atoms with Crippen LogP contribution in [0, 0.1) is 10.5 Å². The minimum absolute atomic E-state index is 0.723. The molecule has 0 aromatic heterocycles. The number of halogens is 1. The van der Waals surface area contributed by atoms with Crippen molar-refractivity contribution < 1.29 is 4.74 Å². The van der Waals surface area contributed by atoms with E-state index >= 15 is 0 Å². The van der Waals surface area contributed by atoms with Crippen LogP contribution in [0.15, 0.2) is 18.2 Å². The summed E-state index contributed by atoms with van der Waals surface area (Å²) in [5.74, 6) is 1.72. The molecule has 0 aliphatic carbocycles. The molecule has 0 N–H and O–H groups in total. The lowest BCUT2D eigenvalue weighted by atomic mass is 10.2. The molecule has 0 heterocycles. The molecule has 0 aliphatic rings. The molecule has 1 nitrogen and oxygen atoms in total. The van der Waals surface area contributed by atoms with E-state index in [0.717, 1.165) is 11.7 Å². The van der Waals surface area contributed by atoms with Crippen LogP contribution >= 0.6 is 34.4 Å². The number of aryl methyl sites for hydroxylation is 1. The normalized spacial score (nSPS) is 9.92. The summed E-state index contributed by atoms with van der Waals surface area (Å²) in [5.41, 5.74) is 1.20. The molecule has 0 atom stereocenters. The van der Waals surface area contributed by atoms with Gasteiger partial charge in [-0.15, -0.1) is 11.8 Å². The van der Waals surface area contributed by atoms with Gasteiger partial charge in [-0.1, -0.05) is 6.07 Å². The Morgan fingerprint density at radius 3 is 2.92 bits per heavy atom. The molecule has 0 bridgehead atoms. The lowest BCUT2D eigenvalue weighted by Gasteiger charge is -2.07. The number of thioether (sulfide) groups is 1. The second-order valence-electron chi connectivity index (χ2n) is 2.46. The molecular formula is C9H11IOS. The fraction of sp³-hybridized carbons (Fsp3) is 0.333. The molecular weight excluding hydrogens is 283 g/mol. The van der Waals surface area contributed by atoms with Gasteiger partial charge in [-0.2, -0.15) is 0 Å². The largest absolute Gasteiger partial charge is 0.483 e. The third kappa shape index (κ3) is 2.86. The van der Waals surface area contributed by atoms with Gasteiger partial charge in [0.15, 0.2) is 0 Å². The van der Waals surface area contributed by atoms with Crippen LogP contribution in [0.3, 0.4) is 0 Å². The quantitative estimate of drug-likeness (QED) is 0.625. The summed E-state index contributed by atoms with van der Waals surface area (Å²) < 4.78 is 6.74. The predicted octanol–water partition coefficient (Wildman–Crippen LogP) is 3.30. The molecule has 1 aromatic rings. The Bertz CT molecular complexity index is 263. The molecule has 1 aromatic carbocycles. The molecule has 12 heavy (non-hydrogen) atoms. The molecule has 0 amide bonds. The monoisotopic (exact) mass is 294 g/mol. The maximum absolute atomic E-state index is 5.52. The summed E-state index contributed by atoms with van der Waals surface area (Å²) in [6, 6.07) is 6.23. The standard InChI is InChI=1S/C9H11IOS/c1-7-3-4-8(10)5-9(7)11-6-12-2/h3-5H,6H2,1-2H3. The van der Waals surface area contributed by atoms with E-state index < -0.39 is 0 Å². The van der Waals surface area contributed by atoms with E-state index in [1.807, 2.05) is 6.26 Å². The molecule has 1 rings (SSSR count). The highest BCUT2D eigenvalue weighted by Gasteiger charge is 1.98. The zero-order valence-electron chi connectivity index (χ0n) is 7.13. The number of benzene rings is 1. The van der Waals surface area contributed by atoms with Gasteiger partial charge in [0.2, 0.25) is 0 Å².